The first-order chi connectivity index (χ1) is 13.4. The van der Waals surface area contributed by atoms with Gasteiger partial charge in [0.15, 0.2) is 0 Å². The molecule has 0 unspecified atom stereocenters. The molecule has 0 aliphatic heterocycles. The Morgan fingerprint density at radius 2 is 1.86 bits per heavy atom. The van der Waals surface area contributed by atoms with Gasteiger partial charge in [-0.05, 0) is 36.6 Å². The summed E-state index contributed by atoms with van der Waals surface area (Å²) in [6.45, 7) is 3.46. The van der Waals surface area contributed by atoms with Crippen molar-refractivity contribution in [2.75, 3.05) is 0 Å². The molecular weight excluding hydrogens is 363 g/mol. The minimum absolute atomic E-state index is 0.192. The molecule has 0 spiro atoms. The lowest BCUT2D eigenvalue weighted by molar-refractivity contribution is -0.137. The van der Waals surface area contributed by atoms with Gasteiger partial charge in [-0.15, -0.1) is 0 Å². The number of rotatable bonds is 6. The van der Waals surface area contributed by atoms with E-state index in [0.29, 0.717) is 11.1 Å². The number of carbonyl (C=O) groups excluding carboxylic acids is 1. The molecule has 0 aliphatic rings. The summed E-state index contributed by atoms with van der Waals surface area (Å²) in [6.07, 6.45) is 0.906. The molecule has 3 aromatic rings. The van der Waals surface area contributed by atoms with Crippen LogP contribution >= 0.6 is 0 Å². The molecule has 0 radical (unpaired) electrons. The molecule has 28 heavy (non-hydrogen) atoms. The van der Waals surface area contributed by atoms with Crippen molar-refractivity contribution >= 4 is 11.9 Å². The van der Waals surface area contributed by atoms with E-state index in [0.717, 1.165) is 5.56 Å². The van der Waals surface area contributed by atoms with Crippen LogP contribution in [-0.2, 0) is 4.79 Å². The third-order valence-electron chi connectivity index (χ3n) is 4.41. The number of aliphatic carboxylic acids is 1. The Labute approximate surface area is 161 Å². The molecule has 0 saturated carbocycles. The quantitative estimate of drug-likeness (QED) is 0.671. The van der Waals surface area contributed by atoms with Gasteiger partial charge in [-0.1, -0.05) is 36.4 Å². The highest BCUT2D eigenvalue weighted by Gasteiger charge is 2.23. The minimum atomic E-state index is -1.05. The summed E-state index contributed by atoms with van der Waals surface area (Å²) in [5, 5.41) is 11.8. The number of aromatic nitrogens is 1. The third-order valence-corrected chi connectivity index (χ3v) is 4.41. The summed E-state index contributed by atoms with van der Waals surface area (Å²) in [5.74, 6) is -2.43. The summed E-state index contributed by atoms with van der Waals surface area (Å²) < 4.78 is 19.5. The molecular formula is C21H19FN2O4. The molecule has 0 saturated heterocycles. The van der Waals surface area contributed by atoms with Crippen LogP contribution in [0, 0.1) is 19.7 Å². The predicted molar refractivity (Wildman–Crippen MR) is 100 cm³/mol. The molecule has 2 N–H and O–H groups in total. The molecule has 1 heterocycles. The summed E-state index contributed by atoms with van der Waals surface area (Å²) in [7, 11) is 0. The van der Waals surface area contributed by atoms with Crippen LogP contribution in [0.3, 0.4) is 0 Å². The average molecular weight is 382 g/mol. The zero-order valence-corrected chi connectivity index (χ0v) is 15.4. The Hall–Kier alpha value is -3.48. The number of oxazole rings is 1. The number of nitrogens with zero attached hydrogens (tertiary/aromatic N) is 1. The molecule has 0 aliphatic carbocycles. The number of halogens is 1. The average Bonchev–Trinajstić information content (AvgIpc) is 3.13. The largest absolute Gasteiger partial charge is 0.481 e. The van der Waals surface area contributed by atoms with E-state index in [9.17, 15) is 19.1 Å². The maximum Gasteiger partial charge on any atom is 0.307 e. The van der Waals surface area contributed by atoms with Gasteiger partial charge in [0.2, 0.25) is 0 Å². The standard InChI is InChI=1S/C21H19FN2O4/c1-12-6-3-4-8-14(12)16(10-18(25)26)23-20(27)21-24-17(11-28-21)15-9-5-7-13(2)19(15)22/h3-9,11,16H,10H2,1-2H3,(H,23,27)(H,25,26)/t16-/m0/s1. The number of hydrogen-bond donors (Lipinski definition) is 2. The summed E-state index contributed by atoms with van der Waals surface area (Å²) in [4.78, 5) is 27.9. The zero-order valence-electron chi connectivity index (χ0n) is 15.4. The highest BCUT2D eigenvalue weighted by molar-refractivity contribution is 5.91. The van der Waals surface area contributed by atoms with Gasteiger partial charge in [-0.25, -0.2) is 9.37 Å². The number of amides is 1. The van der Waals surface area contributed by atoms with Crippen molar-refractivity contribution in [1.29, 1.82) is 0 Å². The first-order valence-electron chi connectivity index (χ1n) is 8.66. The Bertz CT molecular complexity index is 1030. The Balaban J connectivity index is 1.85. The van der Waals surface area contributed by atoms with E-state index in [-0.39, 0.29) is 23.6 Å². The van der Waals surface area contributed by atoms with Crippen molar-refractivity contribution in [3.63, 3.8) is 0 Å². The maximum absolute atomic E-state index is 14.3. The van der Waals surface area contributed by atoms with Crippen LogP contribution in [0.5, 0.6) is 0 Å². The fourth-order valence-electron chi connectivity index (χ4n) is 2.96. The molecule has 3 rings (SSSR count). The lowest BCUT2D eigenvalue weighted by Crippen LogP contribution is -2.30. The van der Waals surface area contributed by atoms with Crippen molar-refractivity contribution in [2.24, 2.45) is 0 Å². The molecule has 144 valence electrons. The lowest BCUT2D eigenvalue weighted by Gasteiger charge is -2.18. The molecule has 0 fully saturated rings. The van der Waals surface area contributed by atoms with E-state index < -0.39 is 23.7 Å². The van der Waals surface area contributed by atoms with Crippen LogP contribution in [0.25, 0.3) is 11.3 Å². The molecule has 1 amide bonds. The topological polar surface area (TPSA) is 92.4 Å². The highest BCUT2D eigenvalue weighted by atomic mass is 19.1. The van der Waals surface area contributed by atoms with E-state index in [1.54, 1.807) is 37.3 Å². The molecule has 7 heteroatoms. The van der Waals surface area contributed by atoms with Crippen molar-refractivity contribution in [3.8, 4) is 11.3 Å². The number of carboxylic acids is 1. The Kier molecular flexibility index (Phi) is 5.54. The Morgan fingerprint density at radius 1 is 1.14 bits per heavy atom. The fraction of sp³-hybridized carbons (Fsp3) is 0.190. The second kappa shape index (κ2) is 8.04. The van der Waals surface area contributed by atoms with Gasteiger partial charge >= 0.3 is 11.9 Å². The summed E-state index contributed by atoms with van der Waals surface area (Å²) >= 11 is 0. The van der Waals surface area contributed by atoms with Crippen LogP contribution in [0.1, 0.15) is 39.8 Å². The van der Waals surface area contributed by atoms with E-state index in [2.05, 4.69) is 10.3 Å². The first kappa shape index (κ1) is 19.3. The monoisotopic (exact) mass is 382 g/mol. The van der Waals surface area contributed by atoms with Crippen LogP contribution < -0.4 is 5.32 Å². The fourth-order valence-corrected chi connectivity index (χ4v) is 2.96. The maximum atomic E-state index is 14.3. The second-order valence-corrected chi connectivity index (χ2v) is 6.45. The SMILES string of the molecule is Cc1ccccc1[C@H](CC(=O)O)NC(=O)c1nc(-c2cccc(C)c2F)co1. The van der Waals surface area contributed by atoms with Gasteiger partial charge in [0.1, 0.15) is 17.8 Å². The number of carbonyl (C=O) groups is 2. The van der Waals surface area contributed by atoms with Gasteiger partial charge in [0.25, 0.3) is 5.89 Å². The van der Waals surface area contributed by atoms with Gasteiger partial charge in [-0.3, -0.25) is 9.59 Å². The van der Waals surface area contributed by atoms with Gasteiger partial charge in [0.05, 0.1) is 12.5 Å². The van der Waals surface area contributed by atoms with Crippen LogP contribution in [0.15, 0.2) is 53.1 Å². The van der Waals surface area contributed by atoms with Crippen LogP contribution in [-0.4, -0.2) is 22.0 Å². The smallest absolute Gasteiger partial charge is 0.307 e. The highest BCUT2D eigenvalue weighted by Crippen LogP contribution is 2.25. The second-order valence-electron chi connectivity index (χ2n) is 6.45. The van der Waals surface area contributed by atoms with Crippen molar-refractivity contribution in [1.82, 2.24) is 10.3 Å². The lowest BCUT2D eigenvalue weighted by atomic mass is 9.99. The van der Waals surface area contributed by atoms with E-state index >= 15 is 0 Å². The zero-order chi connectivity index (χ0) is 20.3. The van der Waals surface area contributed by atoms with Crippen LogP contribution in [0.4, 0.5) is 4.39 Å². The van der Waals surface area contributed by atoms with E-state index in [1.165, 1.54) is 6.26 Å². The van der Waals surface area contributed by atoms with Crippen molar-refractivity contribution in [3.05, 3.63) is 77.1 Å². The Morgan fingerprint density at radius 3 is 2.57 bits per heavy atom. The summed E-state index contributed by atoms with van der Waals surface area (Å²) in [6, 6.07) is 11.3. The van der Waals surface area contributed by atoms with Gasteiger partial charge < -0.3 is 14.8 Å². The van der Waals surface area contributed by atoms with Gasteiger partial charge in [-0.2, -0.15) is 0 Å². The minimum Gasteiger partial charge on any atom is -0.481 e. The van der Waals surface area contributed by atoms with Gasteiger partial charge in [0, 0.05) is 5.56 Å². The normalized spacial score (nSPS) is 11.8. The van der Waals surface area contributed by atoms with Crippen LogP contribution in [0.2, 0.25) is 0 Å². The van der Waals surface area contributed by atoms with E-state index in [1.807, 2.05) is 19.1 Å². The number of benzene rings is 2. The molecule has 1 aromatic heterocycles. The van der Waals surface area contributed by atoms with Crippen molar-refractivity contribution in [2.45, 2.75) is 26.3 Å². The number of hydrogen-bond acceptors (Lipinski definition) is 4. The molecule has 0 bridgehead atoms. The number of aryl methyl sites for hydroxylation is 2. The summed E-state index contributed by atoms with van der Waals surface area (Å²) in [5.41, 5.74) is 2.41. The number of nitrogens with one attached hydrogen (secondary N) is 1. The van der Waals surface area contributed by atoms with E-state index in [4.69, 9.17) is 4.42 Å². The number of carboxylic acid groups (broad SMARTS) is 1. The first-order valence-corrected chi connectivity index (χ1v) is 8.66. The predicted octanol–water partition coefficient (Wildman–Crippen LogP) is 4.04. The third kappa shape index (κ3) is 4.09. The molecule has 2 aromatic carbocycles. The molecule has 1 atom stereocenters. The molecule has 6 nitrogen and oxygen atoms in total. The van der Waals surface area contributed by atoms with Crippen molar-refractivity contribution < 1.29 is 23.5 Å².